The quantitative estimate of drug-likeness (QED) is 0.807. The zero-order valence-electron chi connectivity index (χ0n) is 12.7. The molecule has 1 atom stereocenters. The molecule has 3 nitrogen and oxygen atoms in total. The van der Waals surface area contributed by atoms with E-state index in [4.69, 9.17) is 23.2 Å². The van der Waals surface area contributed by atoms with E-state index in [2.05, 4.69) is 12.2 Å². The maximum atomic E-state index is 11.2. The monoisotopic (exact) mass is 385 g/mol. The van der Waals surface area contributed by atoms with E-state index < -0.39 is 9.84 Å². The van der Waals surface area contributed by atoms with Gasteiger partial charge in [0.15, 0.2) is 0 Å². The Morgan fingerprint density at radius 2 is 1.91 bits per heavy atom. The average molecular weight is 387 g/mol. The molecule has 0 aromatic heterocycles. The fourth-order valence-corrected chi connectivity index (χ4v) is 3.78. The second-order valence-electron chi connectivity index (χ2n) is 5.94. The van der Waals surface area contributed by atoms with Crippen LogP contribution in [0.5, 0.6) is 0 Å². The molecule has 1 saturated carbocycles. The van der Waals surface area contributed by atoms with Crippen molar-refractivity contribution in [2.75, 3.05) is 18.6 Å². The van der Waals surface area contributed by atoms with Crippen molar-refractivity contribution in [1.82, 2.24) is 5.32 Å². The van der Waals surface area contributed by atoms with Gasteiger partial charge in [0.2, 0.25) is 0 Å². The number of benzene rings is 1. The number of hydrogen-bond donors (Lipinski definition) is 1. The van der Waals surface area contributed by atoms with Crippen LogP contribution in [0.3, 0.4) is 0 Å². The van der Waals surface area contributed by atoms with E-state index in [1.807, 2.05) is 18.2 Å². The second-order valence-corrected chi connectivity index (χ2v) is 9.02. The van der Waals surface area contributed by atoms with Gasteiger partial charge in [-0.25, -0.2) is 8.42 Å². The fraction of sp³-hybridized carbons (Fsp3) is 0.600. The summed E-state index contributed by atoms with van der Waals surface area (Å²) in [5, 5.41) is 4.49. The third kappa shape index (κ3) is 4.51. The Hall–Kier alpha value is -0.000000000000000167. The predicted octanol–water partition coefficient (Wildman–Crippen LogP) is 3.86. The maximum Gasteiger partial charge on any atom is 0.148 e. The highest BCUT2D eigenvalue weighted by atomic mass is 35.5. The molecule has 1 aliphatic rings. The molecule has 22 heavy (non-hydrogen) atoms. The van der Waals surface area contributed by atoms with Crippen LogP contribution in [0.4, 0.5) is 0 Å². The molecule has 7 heteroatoms. The number of sulfone groups is 1. The number of rotatable bonds is 6. The molecule has 0 aliphatic heterocycles. The Morgan fingerprint density at radius 3 is 2.36 bits per heavy atom. The van der Waals surface area contributed by atoms with Crippen LogP contribution in [0.25, 0.3) is 0 Å². The van der Waals surface area contributed by atoms with Crippen LogP contribution >= 0.6 is 35.6 Å². The third-order valence-corrected chi connectivity index (χ3v) is 6.18. The van der Waals surface area contributed by atoms with E-state index in [1.54, 1.807) is 0 Å². The van der Waals surface area contributed by atoms with Crippen molar-refractivity contribution in [2.24, 2.45) is 0 Å². The molecule has 126 valence electrons. The van der Waals surface area contributed by atoms with Gasteiger partial charge in [0, 0.05) is 24.3 Å². The second kappa shape index (κ2) is 7.71. The Bertz CT molecular complexity index is 615. The van der Waals surface area contributed by atoms with Gasteiger partial charge in [0.1, 0.15) is 9.84 Å². The first kappa shape index (κ1) is 20.0. The Balaban J connectivity index is 0.00000242. The fourth-order valence-electron chi connectivity index (χ4n) is 2.99. The highest BCUT2D eigenvalue weighted by Gasteiger charge is 2.43. The van der Waals surface area contributed by atoms with Crippen LogP contribution in [0.15, 0.2) is 18.2 Å². The van der Waals surface area contributed by atoms with Crippen molar-refractivity contribution in [3.05, 3.63) is 33.8 Å². The summed E-state index contributed by atoms with van der Waals surface area (Å²) in [6.45, 7) is 2.59. The van der Waals surface area contributed by atoms with E-state index in [1.165, 1.54) is 18.2 Å². The van der Waals surface area contributed by atoms with Gasteiger partial charge in [-0.3, -0.25) is 0 Å². The molecular formula is C15H22Cl3NO2S. The minimum absolute atomic E-state index is 0. The SMILES string of the molecule is CC(NCCS(C)(=O)=O)C1(c2ccc(Cl)c(Cl)c2)CCC1.Cl. The molecule has 0 spiro atoms. The lowest BCUT2D eigenvalue weighted by Gasteiger charge is -2.47. The van der Waals surface area contributed by atoms with Crippen LogP contribution in [0, 0.1) is 0 Å². The smallest absolute Gasteiger partial charge is 0.148 e. The molecule has 1 aliphatic carbocycles. The summed E-state index contributed by atoms with van der Waals surface area (Å²) in [6.07, 6.45) is 4.60. The predicted molar refractivity (Wildman–Crippen MR) is 96.4 cm³/mol. The van der Waals surface area contributed by atoms with Gasteiger partial charge in [-0.2, -0.15) is 0 Å². The summed E-state index contributed by atoms with van der Waals surface area (Å²) < 4.78 is 22.5. The molecule has 1 unspecified atom stereocenters. The topological polar surface area (TPSA) is 46.2 Å². The van der Waals surface area contributed by atoms with Crippen molar-refractivity contribution in [2.45, 2.75) is 37.6 Å². The van der Waals surface area contributed by atoms with Gasteiger partial charge in [-0.05, 0) is 37.5 Å². The summed E-state index contributed by atoms with van der Waals surface area (Å²) in [5.74, 6) is 0.162. The molecule has 1 fully saturated rings. The van der Waals surface area contributed by atoms with Gasteiger partial charge in [0.05, 0.1) is 15.8 Å². The summed E-state index contributed by atoms with van der Waals surface area (Å²) >= 11 is 12.1. The summed E-state index contributed by atoms with van der Waals surface area (Å²) in [7, 11) is -2.93. The van der Waals surface area contributed by atoms with Crippen molar-refractivity contribution in [3.8, 4) is 0 Å². The lowest BCUT2D eigenvalue weighted by molar-refractivity contribution is 0.181. The first-order chi connectivity index (χ1) is 9.74. The molecule has 1 aromatic rings. The lowest BCUT2D eigenvalue weighted by Crippen LogP contribution is -2.52. The van der Waals surface area contributed by atoms with Crippen LogP contribution < -0.4 is 5.32 Å². The number of hydrogen-bond acceptors (Lipinski definition) is 3. The summed E-state index contributed by atoms with van der Waals surface area (Å²) in [5.41, 5.74) is 1.22. The van der Waals surface area contributed by atoms with E-state index in [9.17, 15) is 8.42 Å². The van der Waals surface area contributed by atoms with E-state index in [0.29, 0.717) is 16.6 Å². The molecule has 0 heterocycles. The highest BCUT2D eigenvalue weighted by molar-refractivity contribution is 7.90. The molecule has 0 amide bonds. The summed E-state index contributed by atoms with van der Waals surface area (Å²) in [6, 6.07) is 6.01. The maximum absolute atomic E-state index is 11.2. The Kier molecular flexibility index (Phi) is 7.03. The van der Waals surface area contributed by atoms with Gasteiger partial charge >= 0.3 is 0 Å². The molecule has 2 rings (SSSR count). The molecular weight excluding hydrogens is 365 g/mol. The number of nitrogens with one attached hydrogen (secondary N) is 1. The Morgan fingerprint density at radius 1 is 1.27 bits per heavy atom. The largest absolute Gasteiger partial charge is 0.312 e. The van der Waals surface area contributed by atoms with Gasteiger partial charge in [-0.1, -0.05) is 35.7 Å². The van der Waals surface area contributed by atoms with Gasteiger partial charge in [-0.15, -0.1) is 12.4 Å². The summed E-state index contributed by atoms with van der Waals surface area (Å²) in [4.78, 5) is 0. The zero-order valence-corrected chi connectivity index (χ0v) is 15.9. The van der Waals surface area contributed by atoms with E-state index in [-0.39, 0.29) is 29.6 Å². The van der Waals surface area contributed by atoms with Crippen molar-refractivity contribution in [1.29, 1.82) is 0 Å². The molecule has 0 radical (unpaired) electrons. The number of halogens is 3. The average Bonchev–Trinajstić information content (AvgIpc) is 2.30. The van der Waals surface area contributed by atoms with Crippen molar-refractivity contribution >= 4 is 45.4 Å². The first-order valence-corrected chi connectivity index (χ1v) is 9.93. The molecule has 1 N–H and O–H groups in total. The lowest BCUT2D eigenvalue weighted by atomic mass is 9.60. The normalized spacial score (nSPS) is 18.2. The molecule has 1 aromatic carbocycles. The standard InChI is InChI=1S/C15H21Cl2NO2S.ClH/c1-11(18-8-9-21(2,19)20)15(6-3-7-15)12-4-5-13(16)14(17)10-12;/h4-5,10-11,18H,3,6-9H2,1-2H3;1H. The Labute approximate surface area is 149 Å². The minimum atomic E-state index is -2.93. The van der Waals surface area contributed by atoms with Crippen molar-refractivity contribution in [3.63, 3.8) is 0 Å². The molecule has 0 saturated heterocycles. The molecule has 0 bridgehead atoms. The van der Waals surface area contributed by atoms with E-state index in [0.717, 1.165) is 12.8 Å². The third-order valence-electron chi connectivity index (χ3n) is 4.49. The van der Waals surface area contributed by atoms with Crippen molar-refractivity contribution < 1.29 is 8.42 Å². The minimum Gasteiger partial charge on any atom is -0.312 e. The van der Waals surface area contributed by atoms with Crippen LogP contribution in [0.2, 0.25) is 10.0 Å². The van der Waals surface area contributed by atoms with E-state index >= 15 is 0 Å². The highest BCUT2D eigenvalue weighted by Crippen LogP contribution is 2.47. The van der Waals surface area contributed by atoms with Crippen LogP contribution in [-0.4, -0.2) is 33.0 Å². The van der Waals surface area contributed by atoms with Gasteiger partial charge < -0.3 is 5.32 Å². The van der Waals surface area contributed by atoms with Crippen LogP contribution in [0.1, 0.15) is 31.7 Å². The zero-order chi connectivity index (χ0) is 15.7. The van der Waals surface area contributed by atoms with Crippen LogP contribution in [-0.2, 0) is 15.3 Å². The first-order valence-electron chi connectivity index (χ1n) is 7.11. The van der Waals surface area contributed by atoms with Gasteiger partial charge in [0.25, 0.3) is 0 Å².